The predicted molar refractivity (Wildman–Crippen MR) is 86.7 cm³/mol. The summed E-state index contributed by atoms with van der Waals surface area (Å²) >= 11 is 0. The minimum atomic E-state index is -0.528. The normalized spacial score (nSPS) is 10.3. The van der Waals surface area contributed by atoms with Crippen molar-refractivity contribution in [2.75, 3.05) is 20.8 Å². The molecule has 0 aromatic heterocycles. The second kappa shape index (κ2) is 7.63. The summed E-state index contributed by atoms with van der Waals surface area (Å²) in [6.07, 6.45) is 0.556. The molecule has 0 atom stereocenters. The molecule has 0 aliphatic rings. The lowest BCUT2D eigenvalue weighted by Crippen LogP contribution is -2.26. The molecular formula is C18H20FNO3. The van der Waals surface area contributed by atoms with E-state index >= 15 is 0 Å². The minimum absolute atomic E-state index is 0.0425. The summed E-state index contributed by atoms with van der Waals surface area (Å²) in [5.74, 6) is 0.547. The number of hydrogen-bond donors (Lipinski definition) is 1. The largest absolute Gasteiger partial charge is 0.496 e. The third kappa shape index (κ3) is 4.00. The molecule has 0 heterocycles. The van der Waals surface area contributed by atoms with Crippen molar-refractivity contribution in [3.63, 3.8) is 0 Å². The molecule has 0 bridgehead atoms. The van der Waals surface area contributed by atoms with Gasteiger partial charge in [-0.2, -0.15) is 0 Å². The predicted octanol–water partition coefficient (Wildman–Crippen LogP) is 3.12. The van der Waals surface area contributed by atoms with Gasteiger partial charge in [0.25, 0.3) is 5.91 Å². The molecule has 0 unspecified atom stereocenters. The first-order valence-electron chi connectivity index (χ1n) is 7.31. The molecule has 0 radical (unpaired) electrons. The number of hydrogen-bond acceptors (Lipinski definition) is 3. The number of carbonyl (C=O) groups is 1. The molecule has 2 rings (SSSR count). The summed E-state index contributed by atoms with van der Waals surface area (Å²) in [5, 5.41) is 2.72. The Labute approximate surface area is 135 Å². The van der Waals surface area contributed by atoms with E-state index in [9.17, 15) is 9.18 Å². The fraction of sp³-hybridized carbons (Fsp3) is 0.278. The van der Waals surface area contributed by atoms with Crippen LogP contribution in [-0.4, -0.2) is 26.7 Å². The van der Waals surface area contributed by atoms with Gasteiger partial charge >= 0.3 is 0 Å². The monoisotopic (exact) mass is 317 g/mol. The number of aryl methyl sites for hydroxylation is 1. The fourth-order valence-electron chi connectivity index (χ4n) is 2.36. The van der Waals surface area contributed by atoms with Crippen LogP contribution in [0.4, 0.5) is 4.39 Å². The van der Waals surface area contributed by atoms with Gasteiger partial charge in [0.05, 0.1) is 19.8 Å². The highest BCUT2D eigenvalue weighted by Crippen LogP contribution is 2.28. The molecule has 2 aromatic carbocycles. The van der Waals surface area contributed by atoms with E-state index in [1.54, 1.807) is 26.4 Å². The van der Waals surface area contributed by atoms with Crippen molar-refractivity contribution in [2.45, 2.75) is 13.3 Å². The van der Waals surface area contributed by atoms with Gasteiger partial charge in [-0.15, -0.1) is 0 Å². The quantitative estimate of drug-likeness (QED) is 0.890. The summed E-state index contributed by atoms with van der Waals surface area (Å²) in [5.41, 5.74) is 1.94. The van der Waals surface area contributed by atoms with E-state index in [0.717, 1.165) is 22.6 Å². The van der Waals surface area contributed by atoms with Gasteiger partial charge in [0, 0.05) is 6.54 Å². The van der Waals surface area contributed by atoms with Crippen LogP contribution in [0.2, 0.25) is 0 Å². The molecule has 1 N–H and O–H groups in total. The Morgan fingerprint density at radius 3 is 2.48 bits per heavy atom. The lowest BCUT2D eigenvalue weighted by Gasteiger charge is -2.13. The second-order valence-electron chi connectivity index (χ2n) is 5.12. The number of methoxy groups -OCH3 is 2. The van der Waals surface area contributed by atoms with Crippen LogP contribution in [0, 0.1) is 12.7 Å². The van der Waals surface area contributed by atoms with E-state index in [1.807, 2.05) is 19.1 Å². The van der Waals surface area contributed by atoms with Crippen molar-refractivity contribution in [2.24, 2.45) is 0 Å². The molecule has 0 saturated carbocycles. The number of nitrogens with one attached hydrogen (secondary N) is 1. The maximum Gasteiger partial charge on any atom is 0.254 e. The van der Waals surface area contributed by atoms with Crippen molar-refractivity contribution in [1.82, 2.24) is 5.32 Å². The van der Waals surface area contributed by atoms with E-state index in [1.165, 1.54) is 12.1 Å². The van der Waals surface area contributed by atoms with Gasteiger partial charge in [0.1, 0.15) is 17.3 Å². The highest BCUT2D eigenvalue weighted by molar-refractivity contribution is 5.94. The highest BCUT2D eigenvalue weighted by atomic mass is 19.1. The summed E-state index contributed by atoms with van der Waals surface area (Å²) in [4.78, 5) is 12.0. The maximum absolute atomic E-state index is 13.6. The van der Waals surface area contributed by atoms with Gasteiger partial charge in [-0.25, -0.2) is 4.39 Å². The standard InChI is InChI=1S/C18H20FNO3/c1-12-10-17(23-3)13(11-16(12)22-2)8-9-20-18(21)14-6-4-5-7-15(14)19/h4-7,10-11H,8-9H2,1-3H3,(H,20,21). The van der Waals surface area contributed by atoms with E-state index in [2.05, 4.69) is 5.32 Å². The van der Waals surface area contributed by atoms with Crippen LogP contribution in [-0.2, 0) is 6.42 Å². The molecule has 122 valence electrons. The third-order valence-electron chi connectivity index (χ3n) is 3.60. The van der Waals surface area contributed by atoms with Gasteiger partial charge in [0.2, 0.25) is 0 Å². The number of ether oxygens (including phenoxy) is 2. The highest BCUT2D eigenvalue weighted by Gasteiger charge is 2.12. The van der Waals surface area contributed by atoms with E-state index in [-0.39, 0.29) is 5.56 Å². The van der Waals surface area contributed by atoms with Crippen LogP contribution in [0.25, 0.3) is 0 Å². The molecule has 1 amide bonds. The topological polar surface area (TPSA) is 47.6 Å². The lowest BCUT2D eigenvalue weighted by atomic mass is 10.1. The van der Waals surface area contributed by atoms with Crippen LogP contribution in [0.5, 0.6) is 11.5 Å². The van der Waals surface area contributed by atoms with Gasteiger partial charge in [0.15, 0.2) is 0 Å². The molecule has 5 heteroatoms. The lowest BCUT2D eigenvalue weighted by molar-refractivity contribution is 0.0950. The first kappa shape index (κ1) is 16.8. The molecule has 2 aromatic rings. The van der Waals surface area contributed by atoms with Crippen molar-refractivity contribution in [1.29, 1.82) is 0 Å². The van der Waals surface area contributed by atoms with Gasteiger partial charge < -0.3 is 14.8 Å². The summed E-state index contributed by atoms with van der Waals surface area (Å²) < 4.78 is 24.2. The van der Waals surface area contributed by atoms with E-state index in [0.29, 0.717) is 13.0 Å². The Morgan fingerprint density at radius 2 is 1.83 bits per heavy atom. The SMILES string of the molecule is COc1cc(CCNC(=O)c2ccccc2F)c(OC)cc1C. The first-order valence-corrected chi connectivity index (χ1v) is 7.31. The van der Waals surface area contributed by atoms with Crippen LogP contribution >= 0.6 is 0 Å². The third-order valence-corrected chi connectivity index (χ3v) is 3.60. The van der Waals surface area contributed by atoms with Gasteiger partial charge in [-0.05, 0) is 48.7 Å². The zero-order valence-corrected chi connectivity index (χ0v) is 13.5. The number of rotatable bonds is 6. The van der Waals surface area contributed by atoms with E-state index < -0.39 is 11.7 Å². The molecule has 0 spiro atoms. The Morgan fingerprint density at radius 1 is 1.13 bits per heavy atom. The Kier molecular flexibility index (Phi) is 5.57. The number of carbonyl (C=O) groups excluding carboxylic acids is 1. The first-order chi connectivity index (χ1) is 11.1. The van der Waals surface area contributed by atoms with Gasteiger partial charge in [-0.3, -0.25) is 4.79 Å². The molecule has 4 nitrogen and oxygen atoms in total. The van der Waals surface area contributed by atoms with Gasteiger partial charge in [-0.1, -0.05) is 12.1 Å². The van der Waals surface area contributed by atoms with Crippen molar-refractivity contribution < 1.29 is 18.7 Å². The minimum Gasteiger partial charge on any atom is -0.496 e. The fourth-order valence-corrected chi connectivity index (χ4v) is 2.36. The average molecular weight is 317 g/mol. The number of amides is 1. The zero-order valence-electron chi connectivity index (χ0n) is 13.5. The zero-order chi connectivity index (χ0) is 16.8. The van der Waals surface area contributed by atoms with Crippen molar-refractivity contribution >= 4 is 5.91 Å². The molecule has 0 aliphatic heterocycles. The number of halogens is 1. The summed E-state index contributed by atoms with van der Waals surface area (Å²) in [6, 6.07) is 9.70. The Balaban J connectivity index is 2.04. The van der Waals surface area contributed by atoms with Crippen LogP contribution in [0.1, 0.15) is 21.5 Å². The average Bonchev–Trinajstić information content (AvgIpc) is 2.56. The smallest absolute Gasteiger partial charge is 0.254 e. The maximum atomic E-state index is 13.6. The molecule has 0 saturated heterocycles. The van der Waals surface area contributed by atoms with Crippen LogP contribution in [0.3, 0.4) is 0 Å². The summed E-state index contributed by atoms with van der Waals surface area (Å²) in [7, 11) is 3.21. The van der Waals surface area contributed by atoms with Crippen molar-refractivity contribution in [3.05, 3.63) is 58.9 Å². The number of benzene rings is 2. The van der Waals surface area contributed by atoms with Crippen molar-refractivity contribution in [3.8, 4) is 11.5 Å². The molecule has 0 fully saturated rings. The second-order valence-corrected chi connectivity index (χ2v) is 5.12. The van der Waals surface area contributed by atoms with Crippen LogP contribution in [0.15, 0.2) is 36.4 Å². The molecular weight excluding hydrogens is 297 g/mol. The Bertz CT molecular complexity index is 701. The molecule has 23 heavy (non-hydrogen) atoms. The molecule has 0 aliphatic carbocycles. The van der Waals surface area contributed by atoms with Crippen LogP contribution < -0.4 is 14.8 Å². The Hall–Kier alpha value is -2.56. The van der Waals surface area contributed by atoms with E-state index in [4.69, 9.17) is 9.47 Å². The summed E-state index contributed by atoms with van der Waals surface area (Å²) in [6.45, 7) is 2.31.